The minimum absolute atomic E-state index is 0.580. The normalized spacial score (nSPS) is 11.4. The van der Waals surface area contributed by atoms with Crippen LogP contribution < -0.4 is 0 Å². The molecule has 0 N–H and O–H groups in total. The van der Waals surface area contributed by atoms with Crippen molar-refractivity contribution in [2.24, 2.45) is 0 Å². The van der Waals surface area contributed by atoms with Crippen molar-refractivity contribution in [1.29, 1.82) is 5.26 Å². The highest BCUT2D eigenvalue weighted by Crippen LogP contribution is 2.45. The Kier molecular flexibility index (Phi) is 8.14. The molecule has 270 valence electrons. The summed E-state index contributed by atoms with van der Waals surface area (Å²) in [6.07, 6.45) is 0. The molecule has 0 aliphatic heterocycles. The number of rotatable bonds is 6. The van der Waals surface area contributed by atoms with E-state index in [0.717, 1.165) is 80.4 Å². The van der Waals surface area contributed by atoms with Crippen molar-refractivity contribution in [3.63, 3.8) is 0 Å². The maximum absolute atomic E-state index is 9.45. The van der Waals surface area contributed by atoms with Crippen molar-refractivity contribution in [1.82, 2.24) is 24.9 Å². The number of hydrogen-bond acceptors (Lipinski definition) is 8. The highest BCUT2D eigenvalue weighted by atomic mass is 32.1. The first-order chi connectivity index (χ1) is 28.7. The van der Waals surface area contributed by atoms with Crippen molar-refractivity contribution in [2.45, 2.75) is 0 Å². The summed E-state index contributed by atoms with van der Waals surface area (Å²) in [4.78, 5) is 25.9. The van der Waals surface area contributed by atoms with Crippen LogP contribution in [0.3, 0.4) is 0 Å². The molecule has 0 aliphatic rings. The molecular formula is C50H28N6S2. The molecule has 0 unspecified atom stereocenters. The van der Waals surface area contributed by atoms with Gasteiger partial charge in [-0.2, -0.15) is 5.26 Å². The topological polar surface area (TPSA) is 88.2 Å². The fourth-order valence-electron chi connectivity index (χ4n) is 7.64. The van der Waals surface area contributed by atoms with Crippen LogP contribution in [-0.4, -0.2) is 24.9 Å². The molecule has 0 amide bonds. The van der Waals surface area contributed by atoms with Gasteiger partial charge in [-0.15, -0.1) is 22.7 Å². The smallest absolute Gasteiger partial charge is 0.164 e. The summed E-state index contributed by atoms with van der Waals surface area (Å²) in [5.41, 5.74) is 9.28. The number of benzene rings is 7. The van der Waals surface area contributed by atoms with E-state index in [1.807, 2.05) is 84.9 Å². The molecule has 0 fully saturated rings. The third-order valence-corrected chi connectivity index (χ3v) is 12.8. The Balaban J connectivity index is 1.09. The van der Waals surface area contributed by atoms with Crippen LogP contribution in [0.5, 0.6) is 0 Å². The molecule has 0 saturated heterocycles. The second-order valence-corrected chi connectivity index (χ2v) is 16.0. The second-order valence-electron chi connectivity index (χ2n) is 13.9. The third-order valence-electron chi connectivity index (χ3n) is 10.4. The first kappa shape index (κ1) is 33.9. The predicted octanol–water partition coefficient (Wildman–Crippen LogP) is 13.3. The maximum Gasteiger partial charge on any atom is 0.164 e. The zero-order valence-electron chi connectivity index (χ0n) is 30.7. The zero-order valence-corrected chi connectivity index (χ0v) is 32.3. The highest BCUT2D eigenvalue weighted by Gasteiger charge is 2.21. The van der Waals surface area contributed by atoms with Gasteiger partial charge in [0.25, 0.3) is 0 Å². The first-order valence-corrected chi connectivity index (χ1v) is 20.4. The van der Waals surface area contributed by atoms with E-state index in [0.29, 0.717) is 28.9 Å². The van der Waals surface area contributed by atoms with Gasteiger partial charge in [0.2, 0.25) is 0 Å². The standard InChI is InChI=1S/C50H28N6S2/c51-29-30-12-9-17-35(28-30)31-24-26-34(27-25-31)48-54-47(33-15-5-2-6-16-33)55-49(56-48)38-20-11-23-41-42(38)37-19-10-21-39(45(37)58-41)50-52-43(32-13-3-1-4-14-32)46-44(53-50)36-18-7-8-22-40(36)57-46/h1-28H. The monoisotopic (exact) mass is 776 g/mol. The van der Waals surface area contributed by atoms with Gasteiger partial charge in [0.05, 0.1) is 27.5 Å². The molecule has 11 rings (SSSR count). The summed E-state index contributed by atoms with van der Waals surface area (Å²) in [5.74, 6) is 2.47. The van der Waals surface area contributed by atoms with Gasteiger partial charge in [-0.1, -0.05) is 140 Å². The van der Waals surface area contributed by atoms with E-state index in [4.69, 9.17) is 24.9 Å². The van der Waals surface area contributed by atoms with Gasteiger partial charge in [-0.05, 0) is 41.5 Å². The molecule has 11 aromatic rings. The Bertz CT molecular complexity index is 3400. The van der Waals surface area contributed by atoms with Crippen LogP contribution in [-0.2, 0) is 0 Å². The van der Waals surface area contributed by atoms with Crippen LogP contribution in [0.1, 0.15) is 5.56 Å². The second kappa shape index (κ2) is 13.9. The molecule has 8 heteroatoms. The van der Waals surface area contributed by atoms with Crippen LogP contribution in [0, 0.1) is 11.3 Å². The van der Waals surface area contributed by atoms with E-state index in [2.05, 4.69) is 91.0 Å². The molecule has 0 radical (unpaired) electrons. The van der Waals surface area contributed by atoms with Crippen molar-refractivity contribution in [3.8, 4) is 74.0 Å². The molecule has 58 heavy (non-hydrogen) atoms. The fourth-order valence-corrected chi connectivity index (χ4v) is 10.0. The molecule has 0 saturated carbocycles. The number of hydrogen-bond donors (Lipinski definition) is 0. The Morgan fingerprint density at radius 3 is 1.76 bits per heavy atom. The average molecular weight is 777 g/mol. The third kappa shape index (κ3) is 5.80. The Labute approximate surface area is 341 Å². The van der Waals surface area contributed by atoms with Gasteiger partial charge in [-0.3, -0.25) is 0 Å². The lowest BCUT2D eigenvalue weighted by Gasteiger charge is -2.10. The quantitative estimate of drug-likeness (QED) is 0.167. The van der Waals surface area contributed by atoms with Crippen molar-refractivity contribution in [2.75, 3.05) is 0 Å². The summed E-state index contributed by atoms with van der Waals surface area (Å²) >= 11 is 3.48. The molecule has 0 spiro atoms. The number of aromatic nitrogens is 5. The van der Waals surface area contributed by atoms with Crippen molar-refractivity contribution < 1.29 is 0 Å². The van der Waals surface area contributed by atoms with Crippen molar-refractivity contribution >= 4 is 63.1 Å². The van der Waals surface area contributed by atoms with Gasteiger partial charge in [0.1, 0.15) is 0 Å². The largest absolute Gasteiger partial charge is 0.226 e. The SMILES string of the molecule is N#Cc1cccc(-c2ccc(-c3nc(-c4ccccc4)nc(-c4cccc5sc6c(-c7nc(-c8ccccc8)c8sc9ccccc9c8n7)cccc6c45)n3)cc2)c1. The van der Waals surface area contributed by atoms with Gasteiger partial charge in [0, 0.05) is 58.1 Å². The highest BCUT2D eigenvalue weighted by molar-refractivity contribution is 7.26. The molecule has 0 bridgehead atoms. The molecular weight excluding hydrogens is 749 g/mol. The molecule has 0 atom stereocenters. The minimum Gasteiger partial charge on any atom is -0.226 e. The molecule has 0 aliphatic carbocycles. The molecule has 4 heterocycles. The van der Waals surface area contributed by atoms with Crippen LogP contribution in [0.25, 0.3) is 108 Å². The molecule has 6 nitrogen and oxygen atoms in total. The number of thiophene rings is 2. The molecule has 4 aromatic heterocycles. The first-order valence-electron chi connectivity index (χ1n) is 18.8. The van der Waals surface area contributed by atoms with Crippen LogP contribution in [0.15, 0.2) is 170 Å². The van der Waals surface area contributed by atoms with Gasteiger partial charge >= 0.3 is 0 Å². The lowest BCUT2D eigenvalue weighted by Crippen LogP contribution is -2.00. The lowest BCUT2D eigenvalue weighted by molar-refractivity contribution is 1.08. The Morgan fingerprint density at radius 1 is 0.397 bits per heavy atom. The zero-order chi connectivity index (χ0) is 38.6. The van der Waals surface area contributed by atoms with Crippen molar-refractivity contribution in [3.05, 3.63) is 175 Å². The Morgan fingerprint density at radius 2 is 0.966 bits per heavy atom. The minimum atomic E-state index is 0.580. The summed E-state index contributed by atoms with van der Waals surface area (Å²) in [6.45, 7) is 0. The predicted molar refractivity (Wildman–Crippen MR) is 239 cm³/mol. The van der Waals surface area contributed by atoms with Gasteiger partial charge in [-0.25, -0.2) is 24.9 Å². The van der Waals surface area contributed by atoms with E-state index in [1.165, 1.54) is 4.70 Å². The Hall–Kier alpha value is -7.44. The summed E-state index contributed by atoms with van der Waals surface area (Å²) in [7, 11) is 0. The lowest BCUT2D eigenvalue weighted by atomic mass is 10.0. The summed E-state index contributed by atoms with van der Waals surface area (Å²) < 4.78 is 4.51. The summed E-state index contributed by atoms with van der Waals surface area (Å²) in [5, 5.41) is 12.8. The number of fused-ring (bicyclic) bond motifs is 6. The average Bonchev–Trinajstić information content (AvgIpc) is 3.88. The van der Waals surface area contributed by atoms with Gasteiger partial charge in [0.15, 0.2) is 23.3 Å². The van der Waals surface area contributed by atoms with Gasteiger partial charge < -0.3 is 0 Å². The van der Waals surface area contributed by atoms with E-state index >= 15 is 0 Å². The van der Waals surface area contributed by atoms with E-state index in [9.17, 15) is 5.26 Å². The maximum atomic E-state index is 9.45. The van der Waals surface area contributed by atoms with Crippen LogP contribution >= 0.6 is 22.7 Å². The number of nitriles is 1. The molecule has 7 aromatic carbocycles. The van der Waals surface area contributed by atoms with Crippen LogP contribution in [0.2, 0.25) is 0 Å². The number of nitrogens with zero attached hydrogens (tertiary/aromatic N) is 6. The fraction of sp³-hybridized carbons (Fsp3) is 0. The van der Waals surface area contributed by atoms with E-state index in [1.54, 1.807) is 22.7 Å². The van der Waals surface area contributed by atoms with E-state index < -0.39 is 0 Å². The van der Waals surface area contributed by atoms with Crippen LogP contribution in [0.4, 0.5) is 0 Å². The van der Waals surface area contributed by atoms with E-state index in [-0.39, 0.29) is 0 Å². The summed E-state index contributed by atoms with van der Waals surface area (Å²) in [6, 6.07) is 59.7.